The lowest BCUT2D eigenvalue weighted by Crippen LogP contribution is -2.32. The fraction of sp³-hybridized carbons (Fsp3) is 0.529. The number of carbonyl (C=O) groups is 2. The van der Waals surface area contributed by atoms with Gasteiger partial charge in [-0.2, -0.15) is 0 Å². The lowest BCUT2D eigenvalue weighted by atomic mass is 10.00. The summed E-state index contributed by atoms with van der Waals surface area (Å²) in [6.45, 7) is 5.66. The molecule has 1 rings (SSSR count). The third kappa shape index (κ3) is 5.98. The van der Waals surface area contributed by atoms with Gasteiger partial charge in [-0.1, -0.05) is 44.9 Å². The van der Waals surface area contributed by atoms with Crippen LogP contribution in [0.15, 0.2) is 30.3 Å². The second-order valence-electron chi connectivity index (χ2n) is 5.18. The molecule has 4 heteroatoms. The molecule has 0 heterocycles. The van der Waals surface area contributed by atoms with Crippen LogP contribution in [0.5, 0.6) is 0 Å². The number of anilines is 1. The average molecular weight is 291 g/mol. The van der Waals surface area contributed by atoms with E-state index >= 15 is 0 Å². The molecule has 1 aromatic rings. The van der Waals surface area contributed by atoms with Gasteiger partial charge in [-0.25, -0.2) is 0 Å². The predicted octanol–water partition coefficient (Wildman–Crippen LogP) is 3.77. The minimum atomic E-state index is -0.784. The quantitative estimate of drug-likeness (QED) is 0.742. The largest absolute Gasteiger partial charge is 0.452 e. The Bertz CT molecular complexity index is 445. The molecule has 0 aromatic heterocycles. The molecule has 1 N–H and O–H groups in total. The standard InChI is InChI=1S/C17H25NO3/c1-4-6-10-14(5-2)17(20)21-13(3)16(19)18-15-11-8-7-9-12-15/h7-9,11-14H,4-6,10H2,1-3H3,(H,18,19). The number of amides is 1. The molecular weight excluding hydrogens is 266 g/mol. The monoisotopic (exact) mass is 291 g/mol. The Morgan fingerprint density at radius 1 is 1.19 bits per heavy atom. The molecule has 2 unspecified atom stereocenters. The van der Waals surface area contributed by atoms with E-state index in [1.165, 1.54) is 0 Å². The van der Waals surface area contributed by atoms with Crippen LogP contribution in [-0.2, 0) is 14.3 Å². The van der Waals surface area contributed by atoms with E-state index in [0.29, 0.717) is 5.69 Å². The van der Waals surface area contributed by atoms with Gasteiger partial charge in [0.1, 0.15) is 0 Å². The highest BCUT2D eigenvalue weighted by Crippen LogP contribution is 2.16. The normalized spacial score (nSPS) is 13.3. The molecule has 4 nitrogen and oxygen atoms in total. The van der Waals surface area contributed by atoms with Crippen molar-refractivity contribution in [2.24, 2.45) is 5.92 Å². The Morgan fingerprint density at radius 2 is 1.86 bits per heavy atom. The minimum Gasteiger partial charge on any atom is -0.452 e. The van der Waals surface area contributed by atoms with Crippen LogP contribution in [0.1, 0.15) is 46.5 Å². The maximum atomic E-state index is 12.0. The maximum absolute atomic E-state index is 12.0. The van der Waals surface area contributed by atoms with Crippen LogP contribution in [0.4, 0.5) is 5.69 Å². The third-order valence-corrected chi connectivity index (χ3v) is 3.44. The van der Waals surface area contributed by atoms with Gasteiger partial charge in [0.2, 0.25) is 0 Å². The minimum absolute atomic E-state index is 0.114. The van der Waals surface area contributed by atoms with Gasteiger partial charge in [-0.15, -0.1) is 0 Å². The van der Waals surface area contributed by atoms with Crippen molar-refractivity contribution in [2.75, 3.05) is 5.32 Å². The number of benzene rings is 1. The van der Waals surface area contributed by atoms with Crippen molar-refractivity contribution in [1.29, 1.82) is 0 Å². The van der Waals surface area contributed by atoms with Gasteiger partial charge in [0.25, 0.3) is 5.91 Å². The number of unbranched alkanes of at least 4 members (excludes halogenated alkanes) is 1. The van der Waals surface area contributed by atoms with Crippen molar-refractivity contribution in [3.8, 4) is 0 Å². The topological polar surface area (TPSA) is 55.4 Å². The first-order chi connectivity index (χ1) is 10.1. The summed E-state index contributed by atoms with van der Waals surface area (Å²) in [6.07, 6.45) is 2.82. The van der Waals surface area contributed by atoms with E-state index in [9.17, 15) is 9.59 Å². The summed E-state index contributed by atoms with van der Waals surface area (Å²) >= 11 is 0. The first-order valence-electron chi connectivity index (χ1n) is 7.64. The van der Waals surface area contributed by atoms with Crippen molar-refractivity contribution in [1.82, 2.24) is 0 Å². The Hall–Kier alpha value is -1.84. The summed E-state index contributed by atoms with van der Waals surface area (Å²) in [5.74, 6) is -0.696. The van der Waals surface area contributed by atoms with Gasteiger partial charge in [-0.3, -0.25) is 9.59 Å². The highest BCUT2D eigenvalue weighted by Gasteiger charge is 2.23. The molecule has 0 radical (unpaired) electrons. The van der Waals surface area contributed by atoms with Crippen LogP contribution in [0.25, 0.3) is 0 Å². The molecule has 1 amide bonds. The Balaban J connectivity index is 2.49. The van der Waals surface area contributed by atoms with Crippen molar-refractivity contribution >= 4 is 17.6 Å². The van der Waals surface area contributed by atoms with Gasteiger partial charge in [0, 0.05) is 5.69 Å². The van der Waals surface area contributed by atoms with E-state index in [-0.39, 0.29) is 17.8 Å². The Labute approximate surface area is 126 Å². The maximum Gasteiger partial charge on any atom is 0.309 e. The fourth-order valence-electron chi connectivity index (χ4n) is 2.03. The number of hydrogen-bond acceptors (Lipinski definition) is 3. The molecular formula is C17H25NO3. The highest BCUT2D eigenvalue weighted by molar-refractivity contribution is 5.95. The summed E-state index contributed by atoms with van der Waals surface area (Å²) in [5, 5.41) is 2.73. The zero-order valence-corrected chi connectivity index (χ0v) is 13.1. The van der Waals surface area contributed by atoms with Crippen LogP contribution < -0.4 is 5.32 Å². The number of rotatable bonds is 8. The summed E-state index contributed by atoms with van der Waals surface area (Å²) < 4.78 is 5.28. The molecule has 0 bridgehead atoms. The van der Waals surface area contributed by atoms with Gasteiger partial charge >= 0.3 is 5.97 Å². The van der Waals surface area contributed by atoms with Crippen LogP contribution in [0, 0.1) is 5.92 Å². The molecule has 0 spiro atoms. The molecule has 0 aliphatic carbocycles. The lowest BCUT2D eigenvalue weighted by Gasteiger charge is -2.18. The Morgan fingerprint density at radius 3 is 2.43 bits per heavy atom. The molecule has 116 valence electrons. The number of nitrogens with one attached hydrogen (secondary N) is 1. The first kappa shape index (κ1) is 17.2. The number of carbonyl (C=O) groups excluding carboxylic acids is 2. The van der Waals surface area contributed by atoms with Gasteiger partial charge < -0.3 is 10.1 Å². The Kier molecular flexibility index (Phi) is 7.51. The molecule has 2 atom stereocenters. The van der Waals surface area contributed by atoms with E-state index in [4.69, 9.17) is 4.74 Å². The van der Waals surface area contributed by atoms with Gasteiger partial charge in [-0.05, 0) is 31.9 Å². The zero-order valence-electron chi connectivity index (χ0n) is 13.1. The van der Waals surface area contributed by atoms with Crippen molar-refractivity contribution in [3.63, 3.8) is 0 Å². The van der Waals surface area contributed by atoms with E-state index in [1.807, 2.05) is 25.1 Å². The smallest absolute Gasteiger partial charge is 0.309 e. The SMILES string of the molecule is CCCCC(CC)C(=O)OC(C)C(=O)Nc1ccccc1. The van der Waals surface area contributed by atoms with Crippen molar-refractivity contribution in [2.45, 2.75) is 52.6 Å². The highest BCUT2D eigenvalue weighted by atomic mass is 16.5. The summed E-state index contributed by atoms with van der Waals surface area (Å²) in [5.41, 5.74) is 0.698. The van der Waals surface area contributed by atoms with Crippen LogP contribution in [0.3, 0.4) is 0 Å². The van der Waals surface area contributed by atoms with Crippen LogP contribution in [-0.4, -0.2) is 18.0 Å². The van der Waals surface area contributed by atoms with E-state index in [0.717, 1.165) is 25.7 Å². The second-order valence-corrected chi connectivity index (χ2v) is 5.18. The number of esters is 1. The summed E-state index contributed by atoms with van der Waals surface area (Å²) in [7, 11) is 0. The third-order valence-electron chi connectivity index (χ3n) is 3.44. The number of ether oxygens (including phenoxy) is 1. The second kappa shape index (κ2) is 9.16. The van der Waals surface area contributed by atoms with E-state index in [2.05, 4.69) is 12.2 Å². The van der Waals surface area contributed by atoms with Crippen LogP contribution in [0.2, 0.25) is 0 Å². The molecule has 0 aliphatic rings. The predicted molar refractivity (Wildman–Crippen MR) is 83.9 cm³/mol. The lowest BCUT2D eigenvalue weighted by molar-refractivity contribution is -0.157. The van der Waals surface area contributed by atoms with Crippen LogP contribution >= 0.6 is 0 Å². The first-order valence-corrected chi connectivity index (χ1v) is 7.64. The fourth-order valence-corrected chi connectivity index (χ4v) is 2.03. The average Bonchev–Trinajstić information content (AvgIpc) is 2.49. The number of para-hydroxylation sites is 1. The van der Waals surface area contributed by atoms with E-state index < -0.39 is 6.10 Å². The molecule has 0 saturated heterocycles. The molecule has 0 fully saturated rings. The van der Waals surface area contributed by atoms with Gasteiger partial charge in [0.15, 0.2) is 6.10 Å². The van der Waals surface area contributed by atoms with Crippen molar-refractivity contribution < 1.29 is 14.3 Å². The molecule has 21 heavy (non-hydrogen) atoms. The van der Waals surface area contributed by atoms with Gasteiger partial charge in [0.05, 0.1) is 5.92 Å². The van der Waals surface area contributed by atoms with E-state index in [1.54, 1.807) is 19.1 Å². The molecule has 0 saturated carbocycles. The zero-order chi connectivity index (χ0) is 15.7. The molecule has 1 aromatic carbocycles. The summed E-state index contributed by atoms with van der Waals surface area (Å²) in [6, 6.07) is 9.14. The molecule has 0 aliphatic heterocycles. The van der Waals surface area contributed by atoms with Crippen molar-refractivity contribution in [3.05, 3.63) is 30.3 Å². The number of hydrogen-bond donors (Lipinski definition) is 1. The summed E-state index contributed by atoms with van der Waals surface area (Å²) in [4.78, 5) is 24.0.